The summed E-state index contributed by atoms with van der Waals surface area (Å²) in [5.41, 5.74) is 0. The van der Waals surface area contributed by atoms with E-state index in [1.807, 2.05) is 0 Å². The van der Waals surface area contributed by atoms with Crippen LogP contribution in [-0.2, 0) is 0 Å². The first-order chi connectivity index (χ1) is 5.09. The Kier molecular flexibility index (Phi) is 1.33. The van der Waals surface area contributed by atoms with Crippen molar-refractivity contribution >= 4 is 15.9 Å². The van der Waals surface area contributed by atoms with Crippen LogP contribution in [0.25, 0.3) is 0 Å². The van der Waals surface area contributed by atoms with Crippen LogP contribution in [-0.4, -0.2) is 15.7 Å². The molecule has 1 saturated carbocycles. The summed E-state index contributed by atoms with van der Waals surface area (Å²) >= 11 is 3.14. The van der Waals surface area contributed by atoms with E-state index in [4.69, 9.17) is 0 Å². The van der Waals surface area contributed by atoms with Crippen molar-refractivity contribution in [1.29, 1.82) is 0 Å². The second-order valence-electron chi connectivity index (χ2n) is 2.62. The molecule has 0 aliphatic heterocycles. The summed E-state index contributed by atoms with van der Waals surface area (Å²) in [6.07, 6.45) is 2.99. The molecule has 11 heavy (non-hydrogen) atoms. The number of nitrogens with zero attached hydrogens (tertiary/aromatic N) is 2. The van der Waals surface area contributed by atoms with Gasteiger partial charge in [-0.25, -0.2) is 8.78 Å². The Morgan fingerprint density at radius 3 is 2.73 bits per heavy atom. The van der Waals surface area contributed by atoms with Gasteiger partial charge in [-0.1, -0.05) is 0 Å². The van der Waals surface area contributed by atoms with Crippen molar-refractivity contribution < 1.29 is 8.78 Å². The molecular weight excluding hydrogens is 218 g/mol. The van der Waals surface area contributed by atoms with Crippen LogP contribution in [0.3, 0.4) is 0 Å². The number of hydrogen-bond donors (Lipinski definition) is 0. The Morgan fingerprint density at radius 1 is 1.73 bits per heavy atom. The van der Waals surface area contributed by atoms with Crippen molar-refractivity contribution in [2.45, 2.75) is 18.4 Å². The molecular formula is C6H5BrF2N2. The Bertz CT molecular complexity index is 284. The normalized spacial score (nSPS) is 27.0. The number of hydrogen-bond acceptors (Lipinski definition) is 1. The van der Waals surface area contributed by atoms with E-state index >= 15 is 0 Å². The quantitative estimate of drug-likeness (QED) is 0.713. The van der Waals surface area contributed by atoms with E-state index < -0.39 is 12.0 Å². The Balaban J connectivity index is 2.20. The standard InChI is InChI=1S/C6H5BrF2N2/c7-4-2-10-11(3-4)5-1-6(5,8)9/h2-3,5H,1H2. The molecule has 5 heteroatoms. The van der Waals surface area contributed by atoms with Crippen LogP contribution in [0.1, 0.15) is 12.5 Å². The summed E-state index contributed by atoms with van der Waals surface area (Å²) in [5, 5.41) is 3.76. The van der Waals surface area contributed by atoms with Crippen molar-refractivity contribution in [2.75, 3.05) is 0 Å². The van der Waals surface area contributed by atoms with Gasteiger partial charge in [0, 0.05) is 12.6 Å². The van der Waals surface area contributed by atoms with E-state index in [1.165, 1.54) is 10.9 Å². The van der Waals surface area contributed by atoms with E-state index in [9.17, 15) is 8.78 Å². The largest absolute Gasteiger partial charge is 0.272 e. The topological polar surface area (TPSA) is 17.8 Å². The van der Waals surface area contributed by atoms with E-state index in [1.54, 1.807) is 6.20 Å². The van der Waals surface area contributed by atoms with Gasteiger partial charge in [-0.15, -0.1) is 0 Å². The highest BCUT2D eigenvalue weighted by molar-refractivity contribution is 9.10. The first kappa shape index (κ1) is 7.21. The third-order valence-corrected chi connectivity index (χ3v) is 2.09. The fourth-order valence-electron chi connectivity index (χ4n) is 0.971. The number of aromatic nitrogens is 2. The van der Waals surface area contributed by atoms with Crippen molar-refractivity contribution in [3.8, 4) is 0 Å². The third kappa shape index (κ3) is 1.17. The fraction of sp³-hybridized carbons (Fsp3) is 0.500. The first-order valence-electron chi connectivity index (χ1n) is 3.17. The minimum absolute atomic E-state index is 0.0822. The molecule has 2 nitrogen and oxygen atoms in total. The van der Waals surface area contributed by atoms with Crippen LogP contribution >= 0.6 is 15.9 Å². The van der Waals surface area contributed by atoms with Gasteiger partial charge in [0.1, 0.15) is 6.04 Å². The molecule has 0 N–H and O–H groups in total. The molecule has 1 aromatic heterocycles. The molecule has 1 heterocycles. The molecule has 0 radical (unpaired) electrons. The van der Waals surface area contributed by atoms with Crippen LogP contribution in [0.4, 0.5) is 8.78 Å². The van der Waals surface area contributed by atoms with E-state index in [0.717, 1.165) is 4.47 Å². The molecule has 1 aliphatic carbocycles. The van der Waals surface area contributed by atoms with Gasteiger partial charge in [0.2, 0.25) is 0 Å². The summed E-state index contributed by atoms with van der Waals surface area (Å²) in [7, 11) is 0. The lowest BCUT2D eigenvalue weighted by atomic mass is 10.6. The monoisotopic (exact) mass is 222 g/mol. The lowest BCUT2D eigenvalue weighted by Gasteiger charge is -1.95. The molecule has 1 fully saturated rings. The predicted octanol–water partition coefficient (Wildman–Crippen LogP) is 2.23. The average Bonchev–Trinajstić information content (AvgIpc) is 2.39. The van der Waals surface area contributed by atoms with Gasteiger partial charge in [0.05, 0.1) is 10.7 Å². The Hall–Kier alpha value is -0.450. The van der Waals surface area contributed by atoms with Crippen LogP contribution < -0.4 is 0 Å². The summed E-state index contributed by atoms with van der Waals surface area (Å²) in [6, 6.07) is -0.714. The minimum Gasteiger partial charge on any atom is -0.262 e. The summed E-state index contributed by atoms with van der Waals surface area (Å²) in [4.78, 5) is 0. The van der Waals surface area contributed by atoms with Crippen molar-refractivity contribution in [2.24, 2.45) is 0 Å². The summed E-state index contributed by atoms with van der Waals surface area (Å²) in [6.45, 7) is 0. The van der Waals surface area contributed by atoms with Gasteiger partial charge < -0.3 is 0 Å². The molecule has 1 aromatic rings. The van der Waals surface area contributed by atoms with Crippen molar-refractivity contribution in [3.63, 3.8) is 0 Å². The van der Waals surface area contributed by atoms with E-state index in [-0.39, 0.29) is 6.42 Å². The van der Waals surface area contributed by atoms with Crippen LogP contribution in [0, 0.1) is 0 Å². The number of rotatable bonds is 1. The SMILES string of the molecule is FC1(F)CC1n1cc(Br)cn1. The molecule has 0 spiro atoms. The van der Waals surface area contributed by atoms with Crippen LogP contribution in [0.5, 0.6) is 0 Å². The van der Waals surface area contributed by atoms with Crippen LogP contribution in [0.2, 0.25) is 0 Å². The van der Waals surface area contributed by atoms with Gasteiger partial charge >= 0.3 is 0 Å². The Morgan fingerprint density at radius 2 is 2.36 bits per heavy atom. The zero-order valence-corrected chi connectivity index (χ0v) is 7.05. The Labute approximate surface area is 70.3 Å². The average molecular weight is 223 g/mol. The molecule has 1 atom stereocenters. The molecule has 60 valence electrons. The van der Waals surface area contributed by atoms with Crippen LogP contribution in [0.15, 0.2) is 16.9 Å². The number of alkyl halides is 2. The predicted molar refractivity (Wildman–Crippen MR) is 38.5 cm³/mol. The minimum atomic E-state index is -2.54. The fourth-order valence-corrected chi connectivity index (χ4v) is 1.27. The van der Waals surface area contributed by atoms with Crippen molar-refractivity contribution in [1.82, 2.24) is 9.78 Å². The number of halogens is 3. The molecule has 0 bridgehead atoms. The maximum atomic E-state index is 12.4. The van der Waals surface area contributed by atoms with Gasteiger partial charge in [-0.3, -0.25) is 4.68 Å². The summed E-state index contributed by atoms with van der Waals surface area (Å²) < 4.78 is 26.9. The molecule has 1 aliphatic rings. The molecule has 0 saturated heterocycles. The van der Waals surface area contributed by atoms with Gasteiger partial charge in [-0.05, 0) is 15.9 Å². The van der Waals surface area contributed by atoms with Crippen molar-refractivity contribution in [3.05, 3.63) is 16.9 Å². The van der Waals surface area contributed by atoms with E-state index in [0.29, 0.717) is 0 Å². The first-order valence-corrected chi connectivity index (χ1v) is 3.96. The summed E-state index contributed by atoms with van der Waals surface area (Å²) in [5.74, 6) is -2.54. The molecule has 0 amide bonds. The highest BCUT2D eigenvalue weighted by atomic mass is 79.9. The van der Waals surface area contributed by atoms with E-state index in [2.05, 4.69) is 21.0 Å². The lowest BCUT2D eigenvalue weighted by Crippen LogP contribution is -2.01. The van der Waals surface area contributed by atoms with Gasteiger partial charge in [0.25, 0.3) is 5.92 Å². The second kappa shape index (κ2) is 2.03. The zero-order valence-electron chi connectivity index (χ0n) is 5.47. The molecule has 1 unspecified atom stereocenters. The van der Waals surface area contributed by atoms with Gasteiger partial charge in [0.15, 0.2) is 0 Å². The maximum Gasteiger partial charge on any atom is 0.272 e. The maximum absolute atomic E-state index is 12.4. The third-order valence-electron chi connectivity index (χ3n) is 1.68. The molecule has 0 aromatic carbocycles. The van der Waals surface area contributed by atoms with Gasteiger partial charge in [-0.2, -0.15) is 5.10 Å². The zero-order chi connectivity index (χ0) is 8.06. The highest BCUT2D eigenvalue weighted by Crippen LogP contribution is 2.52. The lowest BCUT2D eigenvalue weighted by molar-refractivity contribution is 0.0983. The highest BCUT2D eigenvalue weighted by Gasteiger charge is 2.58. The molecule has 2 rings (SSSR count). The smallest absolute Gasteiger partial charge is 0.262 e. The second-order valence-corrected chi connectivity index (χ2v) is 3.54.